The van der Waals surface area contributed by atoms with Crippen LogP contribution in [0.1, 0.15) is 26.3 Å². The fraction of sp³-hybridized carbons (Fsp3) is 0.125. The predicted molar refractivity (Wildman–Crippen MR) is 82.4 cm³/mol. The highest BCUT2D eigenvalue weighted by Gasteiger charge is 2.34. The van der Waals surface area contributed by atoms with Gasteiger partial charge in [-0.1, -0.05) is 12.1 Å². The molecule has 0 fully saturated rings. The Hall–Kier alpha value is -2.74. The molecule has 0 radical (unpaired) electrons. The van der Waals surface area contributed by atoms with Gasteiger partial charge in [0.15, 0.2) is 5.69 Å². The van der Waals surface area contributed by atoms with Crippen molar-refractivity contribution < 1.29 is 20.0 Å². The largest absolute Gasteiger partial charge is 0.595 e. The van der Waals surface area contributed by atoms with Crippen LogP contribution in [0.25, 0.3) is 0 Å². The molecular weight excluding hydrogens is 298 g/mol. The number of aryl methyl sites for hydroxylation is 1. The van der Waals surface area contributed by atoms with Crippen LogP contribution >= 0.6 is 0 Å². The molecule has 23 heavy (non-hydrogen) atoms. The van der Waals surface area contributed by atoms with Gasteiger partial charge in [-0.05, 0) is 30.7 Å². The molecule has 0 spiro atoms. The van der Waals surface area contributed by atoms with Crippen LogP contribution in [0, 0.1) is 12.1 Å². The van der Waals surface area contributed by atoms with E-state index in [2.05, 4.69) is 5.32 Å². The van der Waals surface area contributed by atoms with E-state index in [-0.39, 0.29) is 24.2 Å². The molecule has 7 nitrogen and oxygen atoms in total. The van der Waals surface area contributed by atoms with E-state index in [1.54, 1.807) is 37.3 Å². The molecule has 1 aliphatic heterocycles. The van der Waals surface area contributed by atoms with Crippen molar-refractivity contribution in [2.45, 2.75) is 6.92 Å². The SMILES string of the molecule is Cc1cc([NH+]([O-])O)ccc1NCN1C(=O)c2ccccc2C1=O. The number of nitrogens with zero attached hydrogens (tertiary/aromatic N) is 1. The van der Waals surface area contributed by atoms with Gasteiger partial charge in [0.2, 0.25) is 0 Å². The zero-order valence-corrected chi connectivity index (χ0v) is 12.4. The highest BCUT2D eigenvalue weighted by atomic mass is 16.8. The molecule has 0 aromatic heterocycles. The molecule has 1 heterocycles. The van der Waals surface area contributed by atoms with Crippen molar-refractivity contribution in [2.24, 2.45) is 0 Å². The smallest absolute Gasteiger partial charge is 0.263 e. The van der Waals surface area contributed by atoms with Crippen molar-refractivity contribution in [3.8, 4) is 0 Å². The van der Waals surface area contributed by atoms with Crippen LogP contribution in [0.2, 0.25) is 0 Å². The second-order valence-corrected chi connectivity index (χ2v) is 5.25. The monoisotopic (exact) mass is 313 g/mol. The van der Waals surface area contributed by atoms with E-state index in [0.717, 1.165) is 10.5 Å². The maximum Gasteiger partial charge on any atom is 0.263 e. The summed E-state index contributed by atoms with van der Waals surface area (Å²) < 4.78 is 0. The van der Waals surface area contributed by atoms with Gasteiger partial charge in [-0.3, -0.25) is 14.5 Å². The second kappa shape index (κ2) is 5.81. The number of quaternary nitrogens is 1. The lowest BCUT2D eigenvalue weighted by Gasteiger charge is -2.18. The van der Waals surface area contributed by atoms with Gasteiger partial charge in [-0.2, -0.15) is 5.23 Å². The standard InChI is InChI=1S/C16H15N3O4/c1-10-8-11(19(22)23)6-7-14(10)17-9-18-15(20)12-4-2-3-5-13(12)16(18)21/h2-8,17,19,22H,9H2,1H3. The van der Waals surface area contributed by atoms with Gasteiger partial charge in [-0.25, -0.2) is 5.21 Å². The van der Waals surface area contributed by atoms with E-state index in [1.807, 2.05) is 0 Å². The summed E-state index contributed by atoms with van der Waals surface area (Å²) in [6.07, 6.45) is 0. The third-order valence-corrected chi connectivity index (χ3v) is 3.78. The van der Waals surface area contributed by atoms with Gasteiger partial charge in [-0.15, -0.1) is 0 Å². The summed E-state index contributed by atoms with van der Waals surface area (Å²) in [5.41, 5.74) is 2.39. The lowest BCUT2D eigenvalue weighted by atomic mass is 10.1. The van der Waals surface area contributed by atoms with E-state index in [0.29, 0.717) is 16.8 Å². The summed E-state index contributed by atoms with van der Waals surface area (Å²) in [5, 5.41) is 21.9. The van der Waals surface area contributed by atoms with Crippen molar-refractivity contribution in [1.29, 1.82) is 0 Å². The van der Waals surface area contributed by atoms with Gasteiger partial charge in [0, 0.05) is 17.8 Å². The maximum absolute atomic E-state index is 12.2. The predicted octanol–water partition coefficient (Wildman–Crippen LogP) is 1.06. The normalized spacial score (nSPS) is 14.8. The number of hydrogen-bond acceptors (Lipinski definition) is 5. The van der Waals surface area contributed by atoms with Crippen LogP contribution in [-0.4, -0.2) is 28.6 Å². The first kappa shape index (κ1) is 15.2. The minimum absolute atomic E-state index is 0.0274. The summed E-state index contributed by atoms with van der Waals surface area (Å²) in [6, 6.07) is 11.3. The average Bonchev–Trinajstić information content (AvgIpc) is 2.78. The Morgan fingerprint density at radius 2 is 1.74 bits per heavy atom. The zero-order valence-electron chi connectivity index (χ0n) is 12.4. The van der Waals surface area contributed by atoms with E-state index >= 15 is 0 Å². The molecule has 1 aliphatic rings. The third-order valence-electron chi connectivity index (χ3n) is 3.78. The molecule has 118 valence electrons. The number of fused-ring (bicyclic) bond motifs is 1. The van der Waals surface area contributed by atoms with Crippen LogP contribution in [0.15, 0.2) is 42.5 Å². The van der Waals surface area contributed by atoms with Crippen molar-refractivity contribution in [2.75, 3.05) is 12.0 Å². The number of anilines is 1. The molecule has 7 heteroatoms. The van der Waals surface area contributed by atoms with E-state index in [4.69, 9.17) is 5.21 Å². The lowest BCUT2D eigenvalue weighted by Crippen LogP contribution is -2.99. The van der Waals surface area contributed by atoms with Gasteiger partial charge in [0.25, 0.3) is 11.8 Å². The quantitative estimate of drug-likeness (QED) is 0.579. The Bertz CT molecular complexity index is 754. The first-order valence-corrected chi connectivity index (χ1v) is 7.02. The summed E-state index contributed by atoms with van der Waals surface area (Å²) in [4.78, 5) is 25.6. The van der Waals surface area contributed by atoms with Gasteiger partial charge >= 0.3 is 0 Å². The van der Waals surface area contributed by atoms with Crippen molar-refractivity contribution in [3.05, 3.63) is 64.4 Å². The fourth-order valence-corrected chi connectivity index (χ4v) is 2.54. The summed E-state index contributed by atoms with van der Waals surface area (Å²) in [7, 11) is 0. The molecule has 0 bridgehead atoms. The number of amides is 2. The Balaban J connectivity index is 1.75. The molecule has 2 aromatic rings. The van der Waals surface area contributed by atoms with E-state index < -0.39 is 5.23 Å². The molecule has 1 unspecified atom stereocenters. The molecule has 0 saturated heterocycles. The van der Waals surface area contributed by atoms with Gasteiger partial charge in [0.1, 0.15) is 0 Å². The van der Waals surface area contributed by atoms with Crippen molar-refractivity contribution >= 4 is 23.2 Å². The summed E-state index contributed by atoms with van der Waals surface area (Å²) in [5.74, 6) is -0.671. The van der Waals surface area contributed by atoms with Crippen LogP contribution in [-0.2, 0) is 0 Å². The topological polar surface area (TPSA) is 97.1 Å². The molecule has 1 atom stereocenters. The number of rotatable bonds is 4. The minimum atomic E-state index is -1.00. The molecule has 0 aliphatic carbocycles. The van der Waals surface area contributed by atoms with E-state index in [9.17, 15) is 14.8 Å². The van der Waals surface area contributed by atoms with Crippen molar-refractivity contribution in [3.63, 3.8) is 0 Å². The number of carbonyl (C=O) groups is 2. The first-order chi connectivity index (χ1) is 11.0. The van der Waals surface area contributed by atoms with Gasteiger partial charge in [0.05, 0.1) is 17.8 Å². The highest BCUT2D eigenvalue weighted by molar-refractivity contribution is 6.21. The summed E-state index contributed by atoms with van der Waals surface area (Å²) in [6.45, 7) is 1.79. The maximum atomic E-state index is 12.2. The molecule has 3 N–H and O–H groups in total. The molecule has 2 aromatic carbocycles. The van der Waals surface area contributed by atoms with Gasteiger partial charge < -0.3 is 10.5 Å². The molecule has 2 amide bonds. The Labute approximate surface area is 132 Å². The third kappa shape index (κ3) is 2.68. The zero-order chi connectivity index (χ0) is 16.6. The highest BCUT2D eigenvalue weighted by Crippen LogP contribution is 2.23. The number of carbonyl (C=O) groups excluding carboxylic acids is 2. The van der Waals surface area contributed by atoms with Crippen LogP contribution < -0.4 is 10.5 Å². The molecule has 0 saturated carbocycles. The first-order valence-electron chi connectivity index (χ1n) is 7.02. The molecular formula is C16H15N3O4. The van der Waals surface area contributed by atoms with Crippen molar-refractivity contribution in [1.82, 2.24) is 4.90 Å². The number of benzene rings is 2. The second-order valence-electron chi connectivity index (χ2n) is 5.25. The number of hydrogen-bond donors (Lipinski definition) is 3. The van der Waals surface area contributed by atoms with Crippen LogP contribution in [0.4, 0.5) is 11.4 Å². The lowest BCUT2D eigenvalue weighted by molar-refractivity contribution is -0.991. The average molecular weight is 313 g/mol. The molecule has 3 rings (SSSR count). The minimum Gasteiger partial charge on any atom is -0.595 e. The van der Waals surface area contributed by atoms with Crippen LogP contribution in [0.3, 0.4) is 0 Å². The van der Waals surface area contributed by atoms with E-state index in [1.165, 1.54) is 12.1 Å². The Kier molecular flexibility index (Phi) is 3.83. The Morgan fingerprint density at radius 3 is 2.26 bits per heavy atom. The fourth-order valence-electron chi connectivity index (χ4n) is 2.54. The number of imide groups is 1. The Morgan fingerprint density at radius 1 is 1.13 bits per heavy atom. The number of nitrogens with one attached hydrogen (secondary N) is 2. The van der Waals surface area contributed by atoms with Crippen LogP contribution in [0.5, 0.6) is 0 Å². The summed E-state index contributed by atoms with van der Waals surface area (Å²) >= 11 is 0.